The van der Waals surface area contributed by atoms with Gasteiger partial charge in [-0.15, -0.1) is 0 Å². The lowest BCUT2D eigenvalue weighted by atomic mass is 9.55. The highest BCUT2D eigenvalue weighted by molar-refractivity contribution is 5.62. The first-order valence-corrected chi connectivity index (χ1v) is 26.2. The molecule has 0 amide bonds. The number of rotatable bonds is 46. The van der Waals surface area contributed by atoms with Crippen molar-refractivity contribution < 1.29 is 4.79 Å². The van der Waals surface area contributed by atoms with Gasteiger partial charge in [-0.1, -0.05) is 257 Å². The van der Waals surface area contributed by atoms with Crippen LogP contribution in [0.25, 0.3) is 0 Å². The lowest BCUT2D eigenvalue weighted by molar-refractivity contribution is -0.124. The standard InChI is InChI=1S/C56H104O/c1-6-11-16-21-26-31-32-33-38-41-46-51-55(49-44-39-34-27-22-17-12-7-2,50-45-40-35-28-23-18-13-8-3)56(54-57,52-47-42-36-29-24-19-14-9-4)53-48-43-37-30-25-20-15-10-5/h39-40,42-45,47-48,54H,6-38,41,46,49-53H2,1-5H3/b44-39+,45-40+,47-42+,48-43+. The molecule has 0 bridgehead atoms. The molecule has 0 aromatic rings. The van der Waals surface area contributed by atoms with Gasteiger partial charge in [0.05, 0.1) is 0 Å². The first-order valence-electron chi connectivity index (χ1n) is 26.2. The SMILES string of the molecule is CCCCCCC/C=C/CC(C=O)(C/C=C/CCCCCCC)C(C/C=C/CCCCCCC)(C/C=C/CCCCCCC)CCCCCCCCCCCCC. The van der Waals surface area contributed by atoms with E-state index in [0.717, 1.165) is 44.9 Å². The third-order valence-corrected chi connectivity index (χ3v) is 13.1. The summed E-state index contributed by atoms with van der Waals surface area (Å²) in [6.07, 6.45) is 72.4. The summed E-state index contributed by atoms with van der Waals surface area (Å²) < 4.78 is 0. The van der Waals surface area contributed by atoms with E-state index in [0.29, 0.717) is 0 Å². The summed E-state index contributed by atoms with van der Waals surface area (Å²) in [6.45, 7) is 11.5. The number of allylic oxidation sites excluding steroid dienone is 8. The van der Waals surface area contributed by atoms with Gasteiger partial charge in [-0.2, -0.15) is 0 Å². The van der Waals surface area contributed by atoms with Crippen molar-refractivity contribution in [3.05, 3.63) is 48.6 Å². The van der Waals surface area contributed by atoms with E-state index in [-0.39, 0.29) is 10.8 Å². The Morgan fingerprint density at radius 2 is 0.526 bits per heavy atom. The Balaban J connectivity index is 6.39. The number of unbranched alkanes of at least 4 members (excludes halogenated alkanes) is 30. The van der Waals surface area contributed by atoms with Crippen LogP contribution in [-0.2, 0) is 4.79 Å². The van der Waals surface area contributed by atoms with Gasteiger partial charge in [0.25, 0.3) is 0 Å². The maximum absolute atomic E-state index is 14.0. The first-order chi connectivity index (χ1) is 28.1. The minimum absolute atomic E-state index is 0.0671. The average Bonchev–Trinajstić information content (AvgIpc) is 3.22. The summed E-state index contributed by atoms with van der Waals surface area (Å²) in [5.41, 5.74) is -0.456. The molecule has 0 heterocycles. The minimum Gasteiger partial charge on any atom is -0.303 e. The van der Waals surface area contributed by atoms with Crippen molar-refractivity contribution in [1.82, 2.24) is 0 Å². The van der Waals surface area contributed by atoms with E-state index >= 15 is 0 Å². The van der Waals surface area contributed by atoms with E-state index in [1.54, 1.807) is 0 Å². The van der Waals surface area contributed by atoms with Crippen LogP contribution < -0.4 is 0 Å². The summed E-state index contributed by atoms with van der Waals surface area (Å²) in [5, 5.41) is 0. The third-order valence-electron chi connectivity index (χ3n) is 13.1. The fourth-order valence-electron chi connectivity index (χ4n) is 8.95. The van der Waals surface area contributed by atoms with Crippen LogP contribution in [0.15, 0.2) is 48.6 Å². The molecule has 0 saturated heterocycles. The van der Waals surface area contributed by atoms with E-state index in [1.807, 2.05) is 0 Å². The van der Waals surface area contributed by atoms with Crippen molar-refractivity contribution in [1.29, 1.82) is 0 Å². The van der Waals surface area contributed by atoms with Gasteiger partial charge >= 0.3 is 0 Å². The Morgan fingerprint density at radius 1 is 0.281 bits per heavy atom. The molecule has 0 unspecified atom stereocenters. The zero-order valence-corrected chi connectivity index (χ0v) is 39.9. The summed E-state index contributed by atoms with van der Waals surface area (Å²) in [6, 6.07) is 0. The first kappa shape index (κ1) is 55.6. The normalized spacial score (nSPS) is 12.8. The Kier molecular flexibility index (Phi) is 43.1. The lowest BCUT2D eigenvalue weighted by Gasteiger charge is -2.47. The predicted molar refractivity (Wildman–Crippen MR) is 261 cm³/mol. The average molecular weight is 793 g/mol. The topological polar surface area (TPSA) is 17.1 Å². The summed E-state index contributed by atoms with van der Waals surface area (Å²) in [7, 11) is 0. The Labute approximate surface area is 360 Å². The molecule has 0 aromatic carbocycles. The summed E-state index contributed by atoms with van der Waals surface area (Å²) >= 11 is 0. The second-order valence-electron chi connectivity index (χ2n) is 18.4. The van der Waals surface area contributed by atoms with Crippen molar-refractivity contribution in [3.8, 4) is 0 Å². The van der Waals surface area contributed by atoms with Gasteiger partial charge in [-0.25, -0.2) is 0 Å². The largest absolute Gasteiger partial charge is 0.303 e. The van der Waals surface area contributed by atoms with E-state index in [4.69, 9.17) is 0 Å². The molecule has 0 fully saturated rings. The van der Waals surface area contributed by atoms with Crippen LogP contribution in [-0.4, -0.2) is 6.29 Å². The highest BCUT2D eigenvalue weighted by atomic mass is 16.1. The third kappa shape index (κ3) is 32.1. The zero-order valence-electron chi connectivity index (χ0n) is 39.9. The lowest BCUT2D eigenvalue weighted by Crippen LogP contribution is -2.43. The van der Waals surface area contributed by atoms with E-state index in [9.17, 15) is 4.79 Å². The van der Waals surface area contributed by atoms with Gasteiger partial charge in [0.15, 0.2) is 0 Å². The highest BCUT2D eigenvalue weighted by Gasteiger charge is 2.48. The number of carbonyl (C=O) groups is 1. The Hall–Kier alpha value is -1.37. The molecule has 0 aliphatic carbocycles. The number of hydrogen-bond acceptors (Lipinski definition) is 1. The molecule has 1 nitrogen and oxygen atoms in total. The fraction of sp³-hybridized carbons (Fsp3) is 0.839. The van der Waals surface area contributed by atoms with Gasteiger partial charge in [0.2, 0.25) is 0 Å². The smallest absolute Gasteiger partial charge is 0.127 e. The molecule has 0 spiro atoms. The molecule has 0 atom stereocenters. The molecule has 0 aliphatic heterocycles. The van der Waals surface area contributed by atoms with Crippen LogP contribution in [0.3, 0.4) is 0 Å². The Bertz CT molecular complexity index is 868. The van der Waals surface area contributed by atoms with Crippen LogP contribution >= 0.6 is 0 Å². The zero-order chi connectivity index (χ0) is 41.6. The number of carbonyl (C=O) groups excluding carboxylic acids is 1. The molecule has 334 valence electrons. The van der Waals surface area contributed by atoms with Gasteiger partial charge in [0, 0.05) is 5.41 Å². The van der Waals surface area contributed by atoms with Crippen molar-refractivity contribution >= 4 is 6.29 Å². The molecular weight excluding hydrogens is 689 g/mol. The quantitative estimate of drug-likeness (QED) is 0.0341. The van der Waals surface area contributed by atoms with Gasteiger partial charge < -0.3 is 4.79 Å². The van der Waals surface area contributed by atoms with Gasteiger partial charge in [-0.05, 0) is 88.9 Å². The van der Waals surface area contributed by atoms with Crippen LogP contribution in [0.4, 0.5) is 0 Å². The predicted octanol–water partition coefficient (Wildman–Crippen LogP) is 20.1. The molecule has 0 rings (SSSR count). The van der Waals surface area contributed by atoms with Crippen molar-refractivity contribution in [2.24, 2.45) is 10.8 Å². The van der Waals surface area contributed by atoms with Crippen molar-refractivity contribution in [2.45, 2.75) is 291 Å². The maximum Gasteiger partial charge on any atom is 0.127 e. The molecule has 0 radical (unpaired) electrons. The molecular formula is C56H104O. The minimum atomic E-state index is -0.389. The van der Waals surface area contributed by atoms with E-state index in [1.165, 1.54) is 218 Å². The maximum atomic E-state index is 14.0. The van der Waals surface area contributed by atoms with Crippen LogP contribution in [0, 0.1) is 10.8 Å². The van der Waals surface area contributed by atoms with Gasteiger partial charge in [0.1, 0.15) is 6.29 Å². The van der Waals surface area contributed by atoms with Crippen LogP contribution in [0.5, 0.6) is 0 Å². The number of hydrogen-bond donors (Lipinski definition) is 0. The monoisotopic (exact) mass is 793 g/mol. The molecule has 0 aromatic heterocycles. The number of aldehydes is 1. The van der Waals surface area contributed by atoms with Crippen molar-refractivity contribution in [3.63, 3.8) is 0 Å². The van der Waals surface area contributed by atoms with Crippen molar-refractivity contribution in [2.75, 3.05) is 0 Å². The van der Waals surface area contributed by atoms with Gasteiger partial charge in [-0.3, -0.25) is 0 Å². The molecule has 0 aliphatic rings. The second-order valence-corrected chi connectivity index (χ2v) is 18.4. The fourth-order valence-corrected chi connectivity index (χ4v) is 8.95. The van der Waals surface area contributed by atoms with E-state index in [2.05, 4.69) is 83.2 Å². The second kappa shape index (κ2) is 44.2. The van der Waals surface area contributed by atoms with E-state index < -0.39 is 0 Å². The molecule has 1 heteroatoms. The summed E-state index contributed by atoms with van der Waals surface area (Å²) in [5.74, 6) is 0. The Morgan fingerprint density at radius 3 is 0.807 bits per heavy atom. The highest BCUT2D eigenvalue weighted by Crippen LogP contribution is 2.53. The summed E-state index contributed by atoms with van der Waals surface area (Å²) in [4.78, 5) is 14.0. The molecule has 57 heavy (non-hydrogen) atoms. The molecule has 0 saturated carbocycles. The van der Waals surface area contributed by atoms with Crippen LogP contribution in [0.1, 0.15) is 291 Å². The van der Waals surface area contributed by atoms with Crippen LogP contribution in [0.2, 0.25) is 0 Å². The molecule has 0 N–H and O–H groups in total.